The van der Waals surface area contributed by atoms with E-state index in [0.717, 1.165) is 49.2 Å². The summed E-state index contributed by atoms with van der Waals surface area (Å²) in [5, 5.41) is 15.5. The maximum absolute atomic E-state index is 12.9. The van der Waals surface area contributed by atoms with Crippen LogP contribution in [0, 0.1) is 52.3 Å². The van der Waals surface area contributed by atoms with Crippen molar-refractivity contribution in [3.63, 3.8) is 0 Å². The Morgan fingerprint density at radius 1 is 0.911 bits per heavy atom. The molecule has 0 aromatic heterocycles. The van der Waals surface area contributed by atoms with Crippen molar-refractivity contribution >= 4 is 11.8 Å². The minimum absolute atomic E-state index is 0.118. The topological polar surface area (TPSA) is 96.9 Å². The van der Waals surface area contributed by atoms with Crippen LogP contribution in [0.15, 0.2) is 24.3 Å². The van der Waals surface area contributed by atoms with Gasteiger partial charge in [-0.3, -0.25) is 9.59 Å². The van der Waals surface area contributed by atoms with Crippen LogP contribution in [0.3, 0.4) is 0 Å². The van der Waals surface area contributed by atoms with Crippen molar-refractivity contribution in [2.24, 2.45) is 52.3 Å². The SMILES string of the molecule is C[C@@H]1CC[C@@]2(OC1)O[C@@H]1C[C@H]3[C@@H]4CC[C@H]5C[C@@H](NC(=O)CC(=O)NCCc6ccc(O)cc6)CC[C@]5(C)[C@H]4CC[C@]3(C)[C@H]1[C@@H]2C. The molecular formula is C38H56N2O5. The molecule has 1 aromatic rings. The second-order valence-electron chi connectivity index (χ2n) is 16.7. The molecule has 248 valence electrons. The van der Waals surface area contributed by atoms with Crippen LogP contribution < -0.4 is 10.6 Å². The summed E-state index contributed by atoms with van der Waals surface area (Å²) in [7, 11) is 0. The van der Waals surface area contributed by atoms with Gasteiger partial charge in [-0.25, -0.2) is 0 Å². The molecule has 2 aliphatic heterocycles. The smallest absolute Gasteiger partial charge is 0.229 e. The summed E-state index contributed by atoms with van der Waals surface area (Å²) in [6, 6.07) is 7.15. The largest absolute Gasteiger partial charge is 0.508 e. The van der Waals surface area contributed by atoms with Crippen LogP contribution in [0.5, 0.6) is 5.75 Å². The fraction of sp³-hybridized carbons (Fsp3) is 0.789. The molecule has 0 bridgehead atoms. The highest BCUT2D eigenvalue weighted by molar-refractivity contribution is 5.96. The maximum Gasteiger partial charge on any atom is 0.229 e. The average molecular weight is 621 g/mol. The van der Waals surface area contributed by atoms with Crippen molar-refractivity contribution < 1.29 is 24.2 Å². The predicted octanol–water partition coefficient (Wildman–Crippen LogP) is 6.37. The zero-order chi connectivity index (χ0) is 31.6. The van der Waals surface area contributed by atoms with E-state index in [1.807, 2.05) is 12.1 Å². The van der Waals surface area contributed by atoms with Crippen LogP contribution in [0.4, 0.5) is 0 Å². The number of phenols is 1. The van der Waals surface area contributed by atoms with E-state index >= 15 is 0 Å². The summed E-state index contributed by atoms with van der Waals surface area (Å²) in [6.45, 7) is 11.3. The number of hydrogen-bond acceptors (Lipinski definition) is 5. The molecule has 2 amide bonds. The van der Waals surface area contributed by atoms with Gasteiger partial charge in [-0.2, -0.15) is 0 Å². The van der Waals surface area contributed by atoms with Crippen molar-refractivity contribution in [1.82, 2.24) is 10.6 Å². The Morgan fingerprint density at radius 2 is 1.69 bits per heavy atom. The molecule has 7 nitrogen and oxygen atoms in total. The number of benzene rings is 1. The number of nitrogens with one attached hydrogen (secondary N) is 2. The molecule has 0 unspecified atom stereocenters. The maximum atomic E-state index is 12.9. The third kappa shape index (κ3) is 5.52. The van der Waals surface area contributed by atoms with E-state index in [4.69, 9.17) is 9.47 Å². The number of fused-ring (bicyclic) bond motifs is 7. The molecule has 0 radical (unpaired) electrons. The Labute approximate surface area is 270 Å². The highest BCUT2D eigenvalue weighted by Gasteiger charge is 2.69. The first-order valence-corrected chi connectivity index (χ1v) is 18.2. The molecule has 2 saturated heterocycles. The van der Waals surface area contributed by atoms with Gasteiger partial charge in [0.05, 0.1) is 12.7 Å². The lowest BCUT2D eigenvalue weighted by atomic mass is 9.44. The van der Waals surface area contributed by atoms with E-state index in [1.54, 1.807) is 12.1 Å². The molecule has 3 N–H and O–H groups in total. The van der Waals surface area contributed by atoms with Crippen molar-refractivity contribution in [1.29, 1.82) is 0 Å². The van der Waals surface area contributed by atoms with E-state index in [0.29, 0.717) is 53.6 Å². The summed E-state index contributed by atoms with van der Waals surface area (Å²) in [4.78, 5) is 25.3. The van der Waals surface area contributed by atoms with Crippen LogP contribution in [0.1, 0.15) is 104 Å². The number of hydrogen-bond donors (Lipinski definition) is 3. The van der Waals surface area contributed by atoms with E-state index in [-0.39, 0.29) is 35.8 Å². The first-order chi connectivity index (χ1) is 21.5. The van der Waals surface area contributed by atoms with E-state index < -0.39 is 0 Å². The highest BCUT2D eigenvalue weighted by Crippen LogP contribution is 2.71. The standard InChI is InChI=1S/C38H56N2O5/c1-23-11-17-38(44-22-23)24(2)35-32(45-38)20-31-29-10-7-26-19-27(12-15-36(26,3)30(29)13-16-37(31,35)4)40-34(43)21-33(42)39-18-14-25-5-8-28(41)9-6-25/h5-6,8-9,23-24,26-27,29-32,35,41H,7,10-22H2,1-4H3,(H,39,42)(H,40,43)/t23-,24+,26+,27+,29-,30+,31+,32-,35+,36+,37+,38-/m1/s1. The minimum atomic E-state index is -0.340. The summed E-state index contributed by atoms with van der Waals surface area (Å²) in [5.41, 5.74) is 1.72. The van der Waals surface area contributed by atoms with E-state index in [2.05, 4.69) is 38.3 Å². The Hall–Kier alpha value is -2.12. The molecule has 45 heavy (non-hydrogen) atoms. The number of carbonyl (C=O) groups excluding carboxylic acids is 2. The Kier molecular flexibility index (Phi) is 8.28. The summed E-state index contributed by atoms with van der Waals surface area (Å²) in [6.07, 6.45) is 12.8. The number of phenolic OH excluding ortho intramolecular Hbond substituents is 1. The van der Waals surface area contributed by atoms with Crippen molar-refractivity contribution in [2.45, 2.75) is 123 Å². The second-order valence-corrected chi connectivity index (χ2v) is 16.7. The molecule has 6 aliphatic rings. The Morgan fingerprint density at radius 3 is 2.44 bits per heavy atom. The number of rotatable bonds is 6. The zero-order valence-electron chi connectivity index (χ0n) is 28.0. The molecule has 6 fully saturated rings. The third-order valence-electron chi connectivity index (χ3n) is 14.3. The zero-order valence-corrected chi connectivity index (χ0v) is 28.0. The highest BCUT2D eigenvalue weighted by atomic mass is 16.7. The lowest BCUT2D eigenvalue weighted by Crippen LogP contribution is -2.56. The molecular weight excluding hydrogens is 564 g/mol. The van der Waals surface area contributed by atoms with Gasteiger partial charge in [0.25, 0.3) is 0 Å². The monoisotopic (exact) mass is 620 g/mol. The molecule has 7 rings (SSSR count). The number of carbonyl (C=O) groups is 2. The summed E-state index contributed by atoms with van der Waals surface area (Å²) < 4.78 is 13.5. The Bertz CT molecular complexity index is 1260. The predicted molar refractivity (Wildman–Crippen MR) is 173 cm³/mol. The van der Waals surface area contributed by atoms with Gasteiger partial charge in [-0.05, 0) is 128 Å². The van der Waals surface area contributed by atoms with Crippen molar-refractivity contribution in [3.8, 4) is 5.75 Å². The van der Waals surface area contributed by atoms with E-state index in [1.165, 1.54) is 44.9 Å². The lowest BCUT2D eigenvalue weighted by molar-refractivity contribution is -0.273. The molecule has 4 saturated carbocycles. The normalized spacial score (nSPS) is 45.2. The first-order valence-electron chi connectivity index (χ1n) is 18.2. The van der Waals surface area contributed by atoms with Crippen LogP contribution in [-0.4, -0.2) is 48.0 Å². The van der Waals surface area contributed by atoms with Crippen LogP contribution >= 0.6 is 0 Å². The number of ether oxygens (including phenoxy) is 2. The molecule has 2 heterocycles. The fourth-order valence-corrected chi connectivity index (χ4v) is 11.9. The third-order valence-corrected chi connectivity index (χ3v) is 14.3. The van der Waals surface area contributed by atoms with Gasteiger partial charge in [0.15, 0.2) is 5.79 Å². The molecule has 1 spiro atoms. The van der Waals surface area contributed by atoms with Gasteiger partial charge < -0.3 is 25.2 Å². The summed E-state index contributed by atoms with van der Waals surface area (Å²) >= 11 is 0. The van der Waals surface area contributed by atoms with Gasteiger partial charge in [0, 0.05) is 24.9 Å². The lowest BCUT2D eigenvalue weighted by Gasteiger charge is -2.61. The number of amides is 2. The first kappa shape index (κ1) is 31.5. The van der Waals surface area contributed by atoms with Crippen molar-refractivity contribution in [3.05, 3.63) is 29.8 Å². The van der Waals surface area contributed by atoms with Gasteiger partial charge in [-0.15, -0.1) is 0 Å². The molecule has 12 atom stereocenters. The fourth-order valence-electron chi connectivity index (χ4n) is 11.9. The number of aromatic hydroxyl groups is 1. The molecule has 1 aromatic carbocycles. The van der Waals surface area contributed by atoms with Crippen LogP contribution in [0.25, 0.3) is 0 Å². The van der Waals surface area contributed by atoms with Gasteiger partial charge >= 0.3 is 0 Å². The van der Waals surface area contributed by atoms with Crippen LogP contribution in [-0.2, 0) is 25.5 Å². The van der Waals surface area contributed by atoms with E-state index in [9.17, 15) is 14.7 Å². The molecule has 4 aliphatic carbocycles. The Balaban J connectivity index is 0.919. The van der Waals surface area contributed by atoms with Crippen molar-refractivity contribution in [2.75, 3.05) is 13.2 Å². The minimum Gasteiger partial charge on any atom is -0.508 e. The molecule has 7 heteroatoms. The van der Waals surface area contributed by atoms with Crippen LogP contribution in [0.2, 0.25) is 0 Å². The van der Waals surface area contributed by atoms with Gasteiger partial charge in [-0.1, -0.05) is 39.8 Å². The van der Waals surface area contributed by atoms with Gasteiger partial charge in [0.2, 0.25) is 11.8 Å². The summed E-state index contributed by atoms with van der Waals surface area (Å²) in [5.74, 6) is 4.15. The van der Waals surface area contributed by atoms with Gasteiger partial charge in [0.1, 0.15) is 12.2 Å². The quantitative estimate of drug-likeness (QED) is 0.321. The second kappa shape index (κ2) is 11.8. The average Bonchev–Trinajstić information content (AvgIpc) is 3.45.